The van der Waals surface area contributed by atoms with Crippen LogP contribution in [0.15, 0.2) is 47.8 Å². The largest absolute Gasteiger partial charge is 0.399 e. The van der Waals surface area contributed by atoms with E-state index in [1.807, 2.05) is 37.3 Å². The van der Waals surface area contributed by atoms with Crippen molar-refractivity contribution in [2.75, 3.05) is 12.3 Å². The van der Waals surface area contributed by atoms with Crippen molar-refractivity contribution < 1.29 is 4.79 Å². The third kappa shape index (κ3) is 2.87. The van der Waals surface area contributed by atoms with Gasteiger partial charge in [0.05, 0.1) is 11.4 Å². The van der Waals surface area contributed by atoms with Crippen LogP contribution in [-0.4, -0.2) is 22.4 Å². The molecule has 0 fully saturated rings. The van der Waals surface area contributed by atoms with Crippen LogP contribution in [0.3, 0.4) is 0 Å². The van der Waals surface area contributed by atoms with Gasteiger partial charge < -0.3 is 16.4 Å². The van der Waals surface area contributed by atoms with Gasteiger partial charge in [-0.25, -0.2) is 9.97 Å². The Bertz CT molecular complexity index is 929. The number of hydrogen-bond donors (Lipinski definition) is 3. The lowest BCUT2D eigenvalue weighted by Crippen LogP contribution is -2.36. The summed E-state index contributed by atoms with van der Waals surface area (Å²) >= 11 is 0. The van der Waals surface area contributed by atoms with Crippen molar-refractivity contribution in [1.82, 2.24) is 20.6 Å². The molecule has 4 rings (SSSR count). The van der Waals surface area contributed by atoms with Crippen molar-refractivity contribution in [3.63, 3.8) is 0 Å². The molecule has 0 unspecified atom stereocenters. The maximum absolute atomic E-state index is 11.9. The molecule has 25 heavy (non-hydrogen) atoms. The number of aryl methyl sites for hydroxylation is 1. The lowest BCUT2D eigenvalue weighted by Gasteiger charge is -2.26. The van der Waals surface area contributed by atoms with Crippen LogP contribution in [-0.2, 0) is 4.79 Å². The molecule has 0 atom stereocenters. The number of dihydropyridines is 1. The first-order chi connectivity index (χ1) is 12.1. The van der Waals surface area contributed by atoms with Gasteiger partial charge in [-0.05, 0) is 43.2 Å². The first-order valence-electron chi connectivity index (χ1n) is 8.29. The number of allylic oxidation sites excluding steroid dienone is 1. The zero-order valence-electron chi connectivity index (χ0n) is 14.0. The van der Waals surface area contributed by atoms with Crippen LogP contribution in [0.4, 0.5) is 5.69 Å². The highest BCUT2D eigenvalue weighted by Gasteiger charge is 2.23. The molecule has 2 aromatic rings. The highest BCUT2D eigenvalue weighted by Crippen LogP contribution is 2.26. The fourth-order valence-electron chi connectivity index (χ4n) is 3.10. The summed E-state index contributed by atoms with van der Waals surface area (Å²) in [4.78, 5) is 21.0. The predicted octanol–water partition coefficient (Wildman–Crippen LogP) is 2.14. The number of carbonyl (C=O) groups is 1. The normalized spacial score (nSPS) is 16.7. The second-order valence-corrected chi connectivity index (χ2v) is 6.25. The SMILES string of the molecule is Cc1cc(-c2nccc(C3=CCC4=C(CCNC4=O)N3)n2)ccc1N. The molecule has 4 N–H and O–H groups in total. The molecule has 1 aromatic carbocycles. The van der Waals surface area contributed by atoms with Crippen LogP contribution in [0.1, 0.15) is 24.1 Å². The average Bonchev–Trinajstić information content (AvgIpc) is 2.64. The van der Waals surface area contributed by atoms with Crippen molar-refractivity contribution >= 4 is 17.3 Å². The summed E-state index contributed by atoms with van der Waals surface area (Å²) in [5, 5.41) is 6.25. The van der Waals surface area contributed by atoms with E-state index in [2.05, 4.69) is 20.6 Å². The molecule has 2 aliphatic heterocycles. The van der Waals surface area contributed by atoms with Crippen molar-refractivity contribution in [3.8, 4) is 11.4 Å². The number of carbonyl (C=O) groups excluding carboxylic acids is 1. The molecule has 2 aliphatic rings. The minimum atomic E-state index is 0.0183. The van der Waals surface area contributed by atoms with Crippen LogP contribution < -0.4 is 16.4 Å². The molecule has 0 bridgehead atoms. The van der Waals surface area contributed by atoms with E-state index in [-0.39, 0.29) is 5.91 Å². The summed E-state index contributed by atoms with van der Waals surface area (Å²) in [6.07, 6.45) is 5.19. The van der Waals surface area contributed by atoms with Gasteiger partial charge in [-0.2, -0.15) is 0 Å². The molecule has 0 saturated heterocycles. The second-order valence-electron chi connectivity index (χ2n) is 6.25. The summed E-state index contributed by atoms with van der Waals surface area (Å²) in [5.74, 6) is 0.675. The topological polar surface area (TPSA) is 92.9 Å². The average molecular weight is 333 g/mol. The van der Waals surface area contributed by atoms with Crippen molar-refractivity contribution in [2.45, 2.75) is 19.8 Å². The first-order valence-corrected chi connectivity index (χ1v) is 8.29. The fraction of sp³-hybridized carbons (Fsp3) is 0.211. The first kappa shape index (κ1) is 15.4. The maximum Gasteiger partial charge on any atom is 0.249 e. The summed E-state index contributed by atoms with van der Waals surface area (Å²) in [6, 6.07) is 7.66. The molecule has 1 amide bonds. The van der Waals surface area contributed by atoms with Gasteiger partial charge in [-0.15, -0.1) is 0 Å². The number of nitrogen functional groups attached to an aromatic ring is 1. The quantitative estimate of drug-likeness (QED) is 0.732. The lowest BCUT2D eigenvalue weighted by atomic mass is 9.98. The smallest absolute Gasteiger partial charge is 0.249 e. The summed E-state index contributed by atoms with van der Waals surface area (Å²) in [6.45, 7) is 2.63. The number of amides is 1. The Morgan fingerprint density at radius 3 is 2.96 bits per heavy atom. The third-order valence-electron chi connectivity index (χ3n) is 4.55. The van der Waals surface area contributed by atoms with E-state index in [1.54, 1.807) is 6.20 Å². The van der Waals surface area contributed by atoms with Crippen molar-refractivity contribution in [1.29, 1.82) is 0 Å². The van der Waals surface area contributed by atoms with Gasteiger partial charge in [0.1, 0.15) is 0 Å². The number of anilines is 1. The Kier molecular flexibility index (Phi) is 3.72. The Morgan fingerprint density at radius 1 is 1.24 bits per heavy atom. The Hall–Kier alpha value is -3.15. The zero-order chi connectivity index (χ0) is 17.4. The minimum Gasteiger partial charge on any atom is -0.399 e. The second kappa shape index (κ2) is 6.05. The lowest BCUT2D eigenvalue weighted by molar-refractivity contribution is -0.118. The highest BCUT2D eigenvalue weighted by molar-refractivity contribution is 5.96. The number of nitrogens with one attached hydrogen (secondary N) is 2. The number of nitrogens with zero attached hydrogens (tertiary/aromatic N) is 2. The fourth-order valence-corrected chi connectivity index (χ4v) is 3.10. The Labute approximate surface area is 145 Å². The molecule has 0 saturated carbocycles. The van der Waals surface area contributed by atoms with Gasteiger partial charge >= 0.3 is 0 Å². The van der Waals surface area contributed by atoms with E-state index < -0.39 is 0 Å². The predicted molar refractivity (Wildman–Crippen MR) is 97.0 cm³/mol. The van der Waals surface area contributed by atoms with Gasteiger partial charge in [-0.1, -0.05) is 6.08 Å². The molecule has 0 aliphatic carbocycles. The van der Waals surface area contributed by atoms with E-state index in [0.29, 0.717) is 18.8 Å². The van der Waals surface area contributed by atoms with Gasteiger partial charge in [0, 0.05) is 41.7 Å². The summed E-state index contributed by atoms with van der Waals surface area (Å²) in [7, 11) is 0. The molecule has 6 heteroatoms. The van der Waals surface area contributed by atoms with Gasteiger partial charge in [-0.3, -0.25) is 4.79 Å². The Morgan fingerprint density at radius 2 is 2.12 bits per heavy atom. The molecule has 126 valence electrons. The van der Waals surface area contributed by atoms with E-state index in [4.69, 9.17) is 5.73 Å². The van der Waals surface area contributed by atoms with E-state index in [1.165, 1.54) is 0 Å². The van der Waals surface area contributed by atoms with Crippen LogP contribution in [0.25, 0.3) is 17.1 Å². The van der Waals surface area contributed by atoms with E-state index in [0.717, 1.165) is 45.9 Å². The molecular formula is C19H19N5O. The van der Waals surface area contributed by atoms with Crippen molar-refractivity contribution in [2.24, 2.45) is 0 Å². The standard InChI is InChI=1S/C19H19N5O/c1-11-10-12(2-4-14(11)20)18-21-8-7-17(24-18)16-5-3-13-15(23-16)6-9-22-19(13)25/h2,4-5,7-8,10,23H,3,6,9,20H2,1H3,(H,22,25). The summed E-state index contributed by atoms with van der Waals surface area (Å²) < 4.78 is 0. The molecule has 3 heterocycles. The molecule has 6 nitrogen and oxygen atoms in total. The Balaban J connectivity index is 1.64. The maximum atomic E-state index is 11.9. The molecule has 1 aromatic heterocycles. The van der Waals surface area contributed by atoms with Crippen LogP contribution in [0.5, 0.6) is 0 Å². The van der Waals surface area contributed by atoms with Crippen molar-refractivity contribution in [3.05, 3.63) is 59.1 Å². The van der Waals surface area contributed by atoms with Gasteiger partial charge in [0.25, 0.3) is 0 Å². The van der Waals surface area contributed by atoms with Crippen LogP contribution in [0.2, 0.25) is 0 Å². The third-order valence-corrected chi connectivity index (χ3v) is 4.55. The molecule has 0 radical (unpaired) electrons. The van der Waals surface area contributed by atoms with E-state index >= 15 is 0 Å². The molecule has 0 spiro atoms. The number of rotatable bonds is 2. The monoisotopic (exact) mass is 333 g/mol. The summed E-state index contributed by atoms with van der Waals surface area (Å²) in [5.41, 5.74) is 12.1. The number of benzene rings is 1. The van der Waals surface area contributed by atoms with Crippen LogP contribution >= 0.6 is 0 Å². The molecular weight excluding hydrogens is 314 g/mol. The van der Waals surface area contributed by atoms with Crippen LogP contribution in [0, 0.1) is 6.92 Å². The van der Waals surface area contributed by atoms with E-state index in [9.17, 15) is 4.79 Å². The van der Waals surface area contributed by atoms with Gasteiger partial charge in [0.2, 0.25) is 5.91 Å². The number of hydrogen-bond acceptors (Lipinski definition) is 5. The number of aromatic nitrogens is 2. The zero-order valence-corrected chi connectivity index (χ0v) is 14.0. The number of nitrogens with two attached hydrogens (primary N) is 1. The van der Waals surface area contributed by atoms with Gasteiger partial charge in [0.15, 0.2) is 5.82 Å². The minimum absolute atomic E-state index is 0.0183. The highest BCUT2D eigenvalue weighted by atomic mass is 16.1.